The van der Waals surface area contributed by atoms with E-state index in [4.69, 9.17) is 4.74 Å². The van der Waals surface area contributed by atoms with Crippen LogP contribution in [0.4, 0.5) is 10.6 Å². The van der Waals surface area contributed by atoms with Crippen molar-refractivity contribution >= 4 is 11.8 Å². The van der Waals surface area contributed by atoms with Crippen molar-refractivity contribution < 1.29 is 9.53 Å². The molecule has 0 radical (unpaired) electrons. The molecule has 2 amide bonds. The number of rotatable bonds is 7. The number of methoxy groups -OCH3 is 1. The van der Waals surface area contributed by atoms with Gasteiger partial charge in [0.15, 0.2) is 0 Å². The molecule has 0 spiro atoms. The Morgan fingerprint density at radius 2 is 2.24 bits per heavy atom. The third-order valence-corrected chi connectivity index (χ3v) is 3.53. The summed E-state index contributed by atoms with van der Waals surface area (Å²) < 4.78 is 5.15. The minimum atomic E-state index is -0.166. The molecule has 2 N–H and O–H groups in total. The van der Waals surface area contributed by atoms with Gasteiger partial charge in [-0.15, -0.1) is 0 Å². The number of hydrogen-bond acceptors (Lipinski definition) is 4. The first-order valence-corrected chi connectivity index (χ1v) is 7.26. The molecule has 0 aromatic carbocycles. The lowest BCUT2D eigenvalue weighted by Crippen LogP contribution is -2.45. The number of aromatic nitrogens is 1. The Bertz CT molecular complexity index is 474. The average Bonchev–Trinajstić information content (AvgIpc) is 3.29. The molecule has 2 rings (SSSR count). The first-order chi connectivity index (χ1) is 10.1. The molecule has 1 aliphatic rings. The van der Waals surface area contributed by atoms with Crippen LogP contribution in [0.3, 0.4) is 0 Å². The van der Waals surface area contributed by atoms with Crippen molar-refractivity contribution in [3.8, 4) is 0 Å². The third kappa shape index (κ3) is 4.90. The topological polar surface area (TPSA) is 66.5 Å². The lowest BCUT2D eigenvalue weighted by atomic mass is 10.2. The second-order valence-corrected chi connectivity index (χ2v) is 5.61. The van der Waals surface area contributed by atoms with Gasteiger partial charge < -0.3 is 20.3 Å². The zero-order valence-corrected chi connectivity index (χ0v) is 12.9. The Labute approximate surface area is 125 Å². The number of carbonyl (C=O) groups is 1. The van der Waals surface area contributed by atoms with Gasteiger partial charge in [0.1, 0.15) is 5.82 Å². The zero-order chi connectivity index (χ0) is 15.2. The van der Waals surface area contributed by atoms with Gasteiger partial charge in [0.2, 0.25) is 0 Å². The van der Waals surface area contributed by atoms with E-state index in [1.54, 1.807) is 7.11 Å². The maximum absolute atomic E-state index is 11.9. The van der Waals surface area contributed by atoms with E-state index >= 15 is 0 Å². The normalized spacial score (nSPS) is 15.4. The predicted octanol–water partition coefficient (Wildman–Crippen LogP) is 1.37. The number of ether oxygens (including phenoxy) is 1. The Morgan fingerprint density at radius 1 is 1.48 bits per heavy atom. The summed E-state index contributed by atoms with van der Waals surface area (Å²) in [5.41, 5.74) is 0.839. The highest BCUT2D eigenvalue weighted by atomic mass is 16.5. The van der Waals surface area contributed by atoms with E-state index in [2.05, 4.69) is 15.6 Å². The number of amides is 2. The summed E-state index contributed by atoms with van der Waals surface area (Å²) in [4.78, 5) is 18.3. The van der Waals surface area contributed by atoms with Crippen LogP contribution < -0.4 is 15.5 Å². The summed E-state index contributed by atoms with van der Waals surface area (Å²) in [5.74, 6) is 1.44. The van der Waals surface area contributed by atoms with Crippen molar-refractivity contribution in [2.45, 2.75) is 25.4 Å². The average molecular weight is 292 g/mol. The van der Waals surface area contributed by atoms with E-state index in [1.807, 2.05) is 37.2 Å². The predicted molar refractivity (Wildman–Crippen MR) is 82.3 cm³/mol. The highest BCUT2D eigenvalue weighted by molar-refractivity contribution is 5.74. The molecule has 0 saturated heterocycles. The molecule has 0 aliphatic heterocycles. The Hall–Kier alpha value is -1.82. The van der Waals surface area contributed by atoms with Crippen LogP contribution in [0, 0.1) is 5.92 Å². The van der Waals surface area contributed by atoms with Crippen molar-refractivity contribution in [3.63, 3.8) is 0 Å². The number of nitrogens with zero attached hydrogens (tertiary/aromatic N) is 2. The molecule has 0 bridgehead atoms. The van der Waals surface area contributed by atoms with Crippen LogP contribution in [0.15, 0.2) is 18.2 Å². The van der Waals surface area contributed by atoms with Crippen LogP contribution in [-0.4, -0.2) is 44.9 Å². The highest BCUT2D eigenvalue weighted by Gasteiger charge is 2.32. The summed E-state index contributed by atoms with van der Waals surface area (Å²) in [6, 6.07) is 5.72. The SMILES string of the molecule is COCC(NC(=O)NCc1cccc(N(C)C)n1)C1CC1. The molecule has 6 nitrogen and oxygen atoms in total. The number of urea groups is 1. The second-order valence-electron chi connectivity index (χ2n) is 5.61. The molecule has 116 valence electrons. The minimum absolute atomic E-state index is 0.107. The fourth-order valence-corrected chi connectivity index (χ4v) is 2.18. The van der Waals surface area contributed by atoms with Crippen LogP contribution in [0.1, 0.15) is 18.5 Å². The van der Waals surface area contributed by atoms with Gasteiger partial charge in [0, 0.05) is 21.2 Å². The molecular weight excluding hydrogens is 268 g/mol. The Balaban J connectivity index is 1.81. The van der Waals surface area contributed by atoms with Crippen LogP contribution in [-0.2, 0) is 11.3 Å². The smallest absolute Gasteiger partial charge is 0.315 e. The lowest BCUT2D eigenvalue weighted by Gasteiger charge is -2.18. The van der Waals surface area contributed by atoms with Crippen molar-refractivity contribution in [1.82, 2.24) is 15.6 Å². The van der Waals surface area contributed by atoms with Crippen LogP contribution in [0.5, 0.6) is 0 Å². The number of pyridine rings is 1. The van der Waals surface area contributed by atoms with E-state index < -0.39 is 0 Å². The van der Waals surface area contributed by atoms with Crippen molar-refractivity contribution in [1.29, 1.82) is 0 Å². The Morgan fingerprint density at radius 3 is 2.86 bits per heavy atom. The number of anilines is 1. The second kappa shape index (κ2) is 7.26. The summed E-state index contributed by atoms with van der Waals surface area (Å²) in [6.45, 7) is 0.977. The maximum atomic E-state index is 11.9. The van der Waals surface area contributed by atoms with Crippen molar-refractivity contribution in [2.24, 2.45) is 5.92 Å². The molecule has 1 aromatic rings. The summed E-state index contributed by atoms with van der Waals surface area (Å²) in [7, 11) is 5.54. The quantitative estimate of drug-likeness (QED) is 0.796. The van der Waals surface area contributed by atoms with Crippen LogP contribution >= 0.6 is 0 Å². The molecule has 1 atom stereocenters. The maximum Gasteiger partial charge on any atom is 0.315 e. The van der Waals surface area contributed by atoms with E-state index in [0.717, 1.165) is 11.5 Å². The molecule has 1 heterocycles. The molecular formula is C15H24N4O2. The van der Waals surface area contributed by atoms with Gasteiger partial charge in [-0.05, 0) is 30.9 Å². The number of nitrogens with one attached hydrogen (secondary N) is 2. The largest absolute Gasteiger partial charge is 0.383 e. The number of carbonyl (C=O) groups excluding carboxylic acids is 1. The van der Waals surface area contributed by atoms with Crippen LogP contribution in [0.25, 0.3) is 0 Å². The molecule has 1 saturated carbocycles. The van der Waals surface area contributed by atoms with Gasteiger partial charge in [-0.3, -0.25) is 0 Å². The molecule has 21 heavy (non-hydrogen) atoms. The molecule has 1 fully saturated rings. The summed E-state index contributed by atoms with van der Waals surface area (Å²) in [6.07, 6.45) is 2.33. The standard InChI is InChI=1S/C15H24N4O2/c1-19(2)14-6-4-5-12(17-14)9-16-15(20)18-13(10-21-3)11-7-8-11/h4-6,11,13H,7-10H2,1-3H3,(H2,16,18,20). The first-order valence-electron chi connectivity index (χ1n) is 7.26. The zero-order valence-electron chi connectivity index (χ0n) is 12.9. The number of hydrogen-bond donors (Lipinski definition) is 2. The van der Waals surface area contributed by atoms with Gasteiger partial charge in [0.25, 0.3) is 0 Å². The van der Waals surface area contributed by atoms with Gasteiger partial charge in [-0.25, -0.2) is 9.78 Å². The fraction of sp³-hybridized carbons (Fsp3) is 0.600. The van der Waals surface area contributed by atoms with E-state index in [1.165, 1.54) is 12.8 Å². The molecule has 1 aromatic heterocycles. The van der Waals surface area contributed by atoms with E-state index in [-0.39, 0.29) is 12.1 Å². The van der Waals surface area contributed by atoms with Crippen molar-refractivity contribution in [3.05, 3.63) is 23.9 Å². The van der Waals surface area contributed by atoms with Gasteiger partial charge in [-0.1, -0.05) is 6.07 Å². The Kier molecular flexibility index (Phi) is 5.38. The van der Waals surface area contributed by atoms with Gasteiger partial charge in [0.05, 0.1) is 24.9 Å². The first kappa shape index (κ1) is 15.6. The third-order valence-electron chi connectivity index (χ3n) is 3.53. The minimum Gasteiger partial charge on any atom is -0.383 e. The molecule has 6 heteroatoms. The highest BCUT2D eigenvalue weighted by Crippen LogP contribution is 2.32. The summed E-state index contributed by atoms with van der Waals surface area (Å²) in [5, 5.41) is 5.82. The van der Waals surface area contributed by atoms with Crippen molar-refractivity contribution in [2.75, 3.05) is 32.7 Å². The van der Waals surface area contributed by atoms with Gasteiger partial charge in [-0.2, -0.15) is 0 Å². The van der Waals surface area contributed by atoms with E-state index in [9.17, 15) is 4.79 Å². The fourth-order valence-electron chi connectivity index (χ4n) is 2.18. The monoisotopic (exact) mass is 292 g/mol. The molecule has 1 aliphatic carbocycles. The molecule has 1 unspecified atom stereocenters. The lowest BCUT2D eigenvalue weighted by molar-refractivity contribution is 0.157. The summed E-state index contributed by atoms with van der Waals surface area (Å²) >= 11 is 0. The van der Waals surface area contributed by atoms with Gasteiger partial charge >= 0.3 is 6.03 Å². The van der Waals surface area contributed by atoms with E-state index in [0.29, 0.717) is 19.1 Å². The van der Waals surface area contributed by atoms with Crippen LogP contribution in [0.2, 0.25) is 0 Å².